The van der Waals surface area contributed by atoms with Crippen molar-refractivity contribution in [1.82, 2.24) is 9.88 Å². The van der Waals surface area contributed by atoms with Crippen molar-refractivity contribution >= 4 is 22.5 Å². The number of fused-ring (bicyclic) bond motifs is 1. The molecule has 1 aliphatic rings. The van der Waals surface area contributed by atoms with Crippen molar-refractivity contribution in [2.45, 2.75) is 19.8 Å². The summed E-state index contributed by atoms with van der Waals surface area (Å²) in [5, 5.41) is 1.53. The average molecular weight is 321 g/mol. The van der Waals surface area contributed by atoms with Crippen LogP contribution in [0.25, 0.3) is 10.9 Å². The number of aromatic nitrogens is 1. The molecule has 0 spiro atoms. The molecule has 0 aliphatic carbocycles. The molecule has 2 aromatic rings. The number of benzene rings is 1. The largest absolute Gasteiger partial charge is 0.492 e. The molecule has 118 valence electrons. The number of nitrogens with zero attached hydrogens (tertiary/aromatic N) is 1. The van der Waals surface area contributed by atoms with Crippen LogP contribution in [0, 0.1) is 5.92 Å². The number of rotatable bonds is 4. The predicted molar refractivity (Wildman–Crippen MR) is 90.1 cm³/mol. The summed E-state index contributed by atoms with van der Waals surface area (Å²) in [6, 6.07) is 5.59. The van der Waals surface area contributed by atoms with Crippen LogP contribution in [0.2, 0.25) is 5.02 Å². The minimum atomic E-state index is -0.0410. The van der Waals surface area contributed by atoms with Crippen molar-refractivity contribution in [2.75, 3.05) is 26.7 Å². The number of halogens is 1. The highest BCUT2D eigenvalue weighted by Gasteiger charge is 2.20. The number of hydrogen-bond acceptors (Lipinski definition) is 3. The summed E-state index contributed by atoms with van der Waals surface area (Å²) in [6.07, 6.45) is 1.86. The minimum absolute atomic E-state index is 0.0410. The first kappa shape index (κ1) is 15.4. The molecule has 0 bridgehead atoms. The fourth-order valence-corrected chi connectivity index (χ4v) is 3.22. The molecule has 1 fully saturated rings. The molecule has 1 N–H and O–H groups in total. The fourth-order valence-electron chi connectivity index (χ4n) is 3.00. The highest BCUT2D eigenvalue weighted by molar-refractivity contribution is 6.32. The second kappa shape index (κ2) is 6.31. The molecule has 4 nitrogen and oxygen atoms in total. The molecule has 1 aromatic heterocycles. The Hall–Kier alpha value is -1.52. The van der Waals surface area contributed by atoms with Gasteiger partial charge in [-0.2, -0.15) is 0 Å². The van der Waals surface area contributed by atoms with E-state index in [9.17, 15) is 4.79 Å². The monoisotopic (exact) mass is 320 g/mol. The van der Waals surface area contributed by atoms with Crippen LogP contribution < -0.4 is 10.3 Å². The molecule has 1 aromatic carbocycles. The van der Waals surface area contributed by atoms with Gasteiger partial charge in [0, 0.05) is 29.5 Å². The van der Waals surface area contributed by atoms with Gasteiger partial charge in [-0.1, -0.05) is 18.5 Å². The van der Waals surface area contributed by atoms with E-state index in [1.807, 2.05) is 25.1 Å². The molecule has 2 heterocycles. The molecule has 0 amide bonds. The number of pyridine rings is 1. The Morgan fingerprint density at radius 3 is 2.91 bits per heavy atom. The molecule has 3 rings (SSSR count). The summed E-state index contributed by atoms with van der Waals surface area (Å²) in [7, 11) is 2.12. The number of aryl methyl sites for hydroxylation is 1. The molecule has 1 saturated heterocycles. The van der Waals surface area contributed by atoms with Gasteiger partial charge < -0.3 is 14.6 Å². The van der Waals surface area contributed by atoms with Crippen molar-refractivity contribution in [3.63, 3.8) is 0 Å². The lowest BCUT2D eigenvalue weighted by Gasteiger charge is -2.14. The smallest absolute Gasteiger partial charge is 0.251 e. The molecule has 0 radical (unpaired) electrons. The standard InChI is InChI=1S/C17H21ClN2O2/c1-3-12-6-13-7-14(18)16(8-15(13)19-17(12)21)22-10-11-4-5-20(2)9-11/h6-8,11H,3-5,9-10H2,1-2H3,(H,19,21). The molecule has 22 heavy (non-hydrogen) atoms. The van der Waals surface area contributed by atoms with E-state index in [4.69, 9.17) is 16.3 Å². The van der Waals surface area contributed by atoms with Gasteiger partial charge in [0.2, 0.25) is 0 Å². The SMILES string of the molecule is CCc1cc2cc(Cl)c(OCC3CCN(C)C3)cc2[nH]c1=O. The third kappa shape index (κ3) is 3.13. The normalized spacial score (nSPS) is 19.0. The van der Waals surface area contributed by atoms with Crippen LogP contribution in [0.15, 0.2) is 23.0 Å². The number of aromatic amines is 1. The van der Waals surface area contributed by atoms with E-state index in [0.29, 0.717) is 29.7 Å². The lowest BCUT2D eigenvalue weighted by Crippen LogP contribution is -2.18. The number of nitrogens with one attached hydrogen (secondary N) is 1. The average Bonchev–Trinajstić information content (AvgIpc) is 2.90. The van der Waals surface area contributed by atoms with E-state index < -0.39 is 0 Å². The third-order valence-electron chi connectivity index (χ3n) is 4.32. The van der Waals surface area contributed by atoms with E-state index >= 15 is 0 Å². The molecule has 0 saturated carbocycles. The topological polar surface area (TPSA) is 45.3 Å². The first-order valence-corrected chi connectivity index (χ1v) is 8.11. The van der Waals surface area contributed by atoms with Gasteiger partial charge in [-0.25, -0.2) is 0 Å². The van der Waals surface area contributed by atoms with Gasteiger partial charge in [0.1, 0.15) is 5.75 Å². The van der Waals surface area contributed by atoms with Gasteiger partial charge in [0.05, 0.1) is 17.1 Å². The first-order chi connectivity index (χ1) is 10.6. The van der Waals surface area contributed by atoms with Crippen LogP contribution in [0.5, 0.6) is 5.75 Å². The van der Waals surface area contributed by atoms with Gasteiger partial charge in [0.15, 0.2) is 0 Å². The number of H-pyrrole nitrogens is 1. The van der Waals surface area contributed by atoms with Crippen LogP contribution in [0.1, 0.15) is 18.9 Å². The zero-order valence-electron chi connectivity index (χ0n) is 13.0. The summed E-state index contributed by atoms with van der Waals surface area (Å²) in [4.78, 5) is 17.1. The van der Waals surface area contributed by atoms with Crippen LogP contribution in [0.3, 0.4) is 0 Å². The van der Waals surface area contributed by atoms with E-state index in [1.165, 1.54) is 0 Å². The molecule has 5 heteroatoms. The lowest BCUT2D eigenvalue weighted by atomic mass is 10.1. The summed E-state index contributed by atoms with van der Waals surface area (Å²) in [5.41, 5.74) is 1.50. The highest BCUT2D eigenvalue weighted by atomic mass is 35.5. The van der Waals surface area contributed by atoms with Crippen molar-refractivity contribution in [2.24, 2.45) is 5.92 Å². The van der Waals surface area contributed by atoms with E-state index in [-0.39, 0.29) is 5.56 Å². The Kier molecular flexibility index (Phi) is 4.41. The predicted octanol–water partition coefficient (Wildman–Crippen LogP) is 3.07. The first-order valence-electron chi connectivity index (χ1n) is 7.73. The molecule has 1 atom stereocenters. The maximum atomic E-state index is 11.9. The van der Waals surface area contributed by atoms with Crippen LogP contribution >= 0.6 is 11.6 Å². The summed E-state index contributed by atoms with van der Waals surface area (Å²) in [5.74, 6) is 1.18. The zero-order valence-corrected chi connectivity index (χ0v) is 13.7. The Morgan fingerprint density at radius 1 is 1.41 bits per heavy atom. The van der Waals surface area contributed by atoms with Gasteiger partial charge in [0.25, 0.3) is 5.56 Å². The Bertz CT molecular complexity index is 741. The Morgan fingerprint density at radius 2 is 2.23 bits per heavy atom. The quantitative estimate of drug-likeness (QED) is 0.941. The van der Waals surface area contributed by atoms with Crippen molar-refractivity contribution < 1.29 is 4.74 Å². The minimum Gasteiger partial charge on any atom is -0.492 e. The summed E-state index contributed by atoms with van der Waals surface area (Å²) in [6.45, 7) is 4.80. The molecular weight excluding hydrogens is 300 g/mol. The Balaban J connectivity index is 1.84. The molecule has 1 unspecified atom stereocenters. The van der Waals surface area contributed by atoms with Gasteiger partial charge in [-0.3, -0.25) is 4.79 Å². The number of ether oxygens (including phenoxy) is 1. The Labute approximate surface area is 135 Å². The summed E-state index contributed by atoms with van der Waals surface area (Å²) < 4.78 is 5.89. The molecular formula is C17H21ClN2O2. The van der Waals surface area contributed by atoms with Gasteiger partial charge in [-0.15, -0.1) is 0 Å². The van der Waals surface area contributed by atoms with Crippen LogP contribution in [-0.2, 0) is 6.42 Å². The third-order valence-corrected chi connectivity index (χ3v) is 4.61. The van der Waals surface area contributed by atoms with E-state index in [2.05, 4.69) is 16.9 Å². The van der Waals surface area contributed by atoms with Crippen molar-refractivity contribution in [3.05, 3.63) is 39.1 Å². The maximum absolute atomic E-state index is 11.9. The van der Waals surface area contributed by atoms with Gasteiger partial charge >= 0.3 is 0 Å². The number of likely N-dealkylation sites (tertiary alicyclic amines) is 1. The zero-order chi connectivity index (χ0) is 15.7. The number of hydrogen-bond donors (Lipinski definition) is 1. The van der Waals surface area contributed by atoms with Crippen LogP contribution in [0.4, 0.5) is 0 Å². The second-order valence-electron chi connectivity index (χ2n) is 6.08. The highest BCUT2D eigenvalue weighted by Crippen LogP contribution is 2.30. The van der Waals surface area contributed by atoms with E-state index in [1.54, 1.807) is 0 Å². The summed E-state index contributed by atoms with van der Waals surface area (Å²) >= 11 is 6.33. The van der Waals surface area contributed by atoms with E-state index in [0.717, 1.165) is 36.0 Å². The molecule has 1 aliphatic heterocycles. The maximum Gasteiger partial charge on any atom is 0.251 e. The van der Waals surface area contributed by atoms with Crippen LogP contribution in [-0.4, -0.2) is 36.6 Å². The second-order valence-corrected chi connectivity index (χ2v) is 6.48. The van der Waals surface area contributed by atoms with Crippen molar-refractivity contribution in [3.8, 4) is 5.75 Å². The fraction of sp³-hybridized carbons (Fsp3) is 0.471. The van der Waals surface area contributed by atoms with Crippen molar-refractivity contribution in [1.29, 1.82) is 0 Å². The van der Waals surface area contributed by atoms with Gasteiger partial charge in [-0.05, 0) is 38.6 Å². The lowest BCUT2D eigenvalue weighted by molar-refractivity contribution is 0.249.